The van der Waals surface area contributed by atoms with Crippen LogP contribution >= 0.6 is 0 Å². The Morgan fingerprint density at radius 2 is 1.14 bits per heavy atom. The molecule has 1 heteroatoms. The van der Waals surface area contributed by atoms with E-state index < -0.39 is 0 Å². The summed E-state index contributed by atoms with van der Waals surface area (Å²) in [5.41, 5.74) is 3.39. The summed E-state index contributed by atoms with van der Waals surface area (Å²) in [5.74, 6) is 1.01. The lowest BCUT2D eigenvalue weighted by atomic mass is 9.70. The van der Waals surface area contributed by atoms with E-state index in [2.05, 4.69) is 82.3 Å². The molecular weight excluding hydrogens is 256 g/mol. The second-order valence-corrected chi connectivity index (χ2v) is 6.67. The second kappa shape index (κ2) is 4.77. The number of hydrogen-bond acceptors (Lipinski definition) is 1. The minimum Gasteiger partial charge on any atom is -0.486 e. The van der Waals surface area contributed by atoms with Gasteiger partial charge in [-0.3, -0.25) is 0 Å². The molecule has 2 aromatic carbocycles. The molecule has 0 radical (unpaired) electrons. The first-order valence-electron chi connectivity index (χ1n) is 7.48. The molecule has 1 nitrogen and oxygen atoms in total. The standard InChI is InChI=1S/C20H22O/c1-19(2)17(15-11-7-5-8-12-15)18(21-20(19,3)4)16-13-9-6-10-14-16/h5-14H,1-4H3. The van der Waals surface area contributed by atoms with E-state index >= 15 is 0 Å². The van der Waals surface area contributed by atoms with Crippen LogP contribution in [0.4, 0.5) is 0 Å². The van der Waals surface area contributed by atoms with Crippen molar-refractivity contribution in [3.63, 3.8) is 0 Å². The Labute approximate surface area is 127 Å². The van der Waals surface area contributed by atoms with Gasteiger partial charge in [0.1, 0.15) is 11.4 Å². The van der Waals surface area contributed by atoms with Crippen molar-refractivity contribution < 1.29 is 4.74 Å². The van der Waals surface area contributed by atoms with Gasteiger partial charge in [0, 0.05) is 16.6 Å². The predicted octanol–water partition coefficient (Wildman–Crippen LogP) is 5.39. The van der Waals surface area contributed by atoms with Gasteiger partial charge in [0.2, 0.25) is 0 Å². The van der Waals surface area contributed by atoms with Crippen LogP contribution in [0.3, 0.4) is 0 Å². The van der Waals surface area contributed by atoms with Crippen molar-refractivity contribution in [3.05, 3.63) is 71.8 Å². The zero-order chi connectivity index (χ0) is 15.1. The lowest BCUT2D eigenvalue weighted by molar-refractivity contribution is 0.0216. The molecule has 3 rings (SSSR count). The average Bonchev–Trinajstić information content (AvgIpc) is 2.67. The highest BCUT2D eigenvalue weighted by atomic mass is 16.5. The van der Waals surface area contributed by atoms with E-state index in [1.165, 1.54) is 11.1 Å². The Balaban J connectivity index is 2.25. The monoisotopic (exact) mass is 278 g/mol. The molecule has 0 aromatic heterocycles. The molecular formula is C20H22O. The molecule has 0 saturated heterocycles. The van der Waals surface area contributed by atoms with Crippen LogP contribution in [-0.2, 0) is 4.74 Å². The zero-order valence-electron chi connectivity index (χ0n) is 13.2. The van der Waals surface area contributed by atoms with E-state index in [1.807, 2.05) is 6.07 Å². The third-order valence-electron chi connectivity index (χ3n) is 4.81. The van der Waals surface area contributed by atoms with E-state index in [4.69, 9.17) is 4.74 Å². The van der Waals surface area contributed by atoms with Crippen molar-refractivity contribution in [1.29, 1.82) is 0 Å². The third kappa shape index (κ3) is 2.17. The van der Waals surface area contributed by atoms with E-state index in [9.17, 15) is 0 Å². The molecule has 0 fully saturated rings. The van der Waals surface area contributed by atoms with Gasteiger partial charge >= 0.3 is 0 Å². The van der Waals surface area contributed by atoms with Crippen molar-refractivity contribution in [1.82, 2.24) is 0 Å². The van der Waals surface area contributed by atoms with Crippen LogP contribution in [0.2, 0.25) is 0 Å². The molecule has 0 unspecified atom stereocenters. The summed E-state index contributed by atoms with van der Waals surface area (Å²) in [6.45, 7) is 8.88. The van der Waals surface area contributed by atoms with Crippen LogP contribution in [0.5, 0.6) is 0 Å². The van der Waals surface area contributed by atoms with Crippen molar-refractivity contribution in [2.24, 2.45) is 5.41 Å². The molecule has 1 aliphatic rings. The van der Waals surface area contributed by atoms with Gasteiger partial charge in [-0.2, -0.15) is 0 Å². The van der Waals surface area contributed by atoms with Gasteiger partial charge in [0.15, 0.2) is 0 Å². The summed E-state index contributed by atoms with van der Waals surface area (Å²) in [6.07, 6.45) is 0. The highest BCUT2D eigenvalue weighted by Crippen LogP contribution is 2.55. The van der Waals surface area contributed by atoms with E-state index in [0.29, 0.717) is 0 Å². The van der Waals surface area contributed by atoms with E-state index in [1.54, 1.807) is 0 Å². The lowest BCUT2D eigenvalue weighted by Gasteiger charge is -2.35. The highest BCUT2D eigenvalue weighted by molar-refractivity contribution is 5.93. The number of hydrogen-bond donors (Lipinski definition) is 0. The van der Waals surface area contributed by atoms with Gasteiger partial charge in [-0.1, -0.05) is 74.5 Å². The maximum atomic E-state index is 6.40. The van der Waals surface area contributed by atoms with Crippen LogP contribution in [0, 0.1) is 5.41 Å². The highest BCUT2D eigenvalue weighted by Gasteiger charge is 2.50. The first-order valence-corrected chi connectivity index (χ1v) is 7.48. The van der Waals surface area contributed by atoms with Crippen LogP contribution < -0.4 is 0 Å². The second-order valence-electron chi connectivity index (χ2n) is 6.67. The summed E-state index contributed by atoms with van der Waals surface area (Å²) >= 11 is 0. The lowest BCUT2D eigenvalue weighted by Crippen LogP contribution is -2.36. The Morgan fingerprint density at radius 1 is 0.667 bits per heavy atom. The molecule has 2 aromatic rings. The van der Waals surface area contributed by atoms with Crippen molar-refractivity contribution in [2.75, 3.05) is 0 Å². The van der Waals surface area contributed by atoms with Gasteiger partial charge in [-0.15, -0.1) is 0 Å². The quantitative estimate of drug-likeness (QED) is 0.715. The van der Waals surface area contributed by atoms with Gasteiger partial charge in [-0.05, 0) is 19.4 Å². The first kappa shape index (κ1) is 13.9. The fourth-order valence-corrected chi connectivity index (χ4v) is 2.91. The van der Waals surface area contributed by atoms with Gasteiger partial charge < -0.3 is 4.74 Å². The Bertz CT molecular complexity index is 663. The molecule has 1 heterocycles. The van der Waals surface area contributed by atoms with E-state index in [0.717, 1.165) is 11.3 Å². The maximum absolute atomic E-state index is 6.40. The first-order chi connectivity index (χ1) is 9.93. The SMILES string of the molecule is CC1(C)OC(c2ccccc2)=C(c2ccccc2)C1(C)C. The van der Waals surface area contributed by atoms with Crippen LogP contribution in [0.1, 0.15) is 38.8 Å². The van der Waals surface area contributed by atoms with Crippen LogP contribution in [-0.4, -0.2) is 5.60 Å². The smallest absolute Gasteiger partial charge is 0.131 e. The summed E-state index contributed by atoms with van der Waals surface area (Å²) in [6, 6.07) is 21.0. The van der Waals surface area contributed by atoms with Crippen LogP contribution in [0.25, 0.3) is 11.3 Å². The Hall–Kier alpha value is -2.02. The fourth-order valence-electron chi connectivity index (χ4n) is 2.91. The van der Waals surface area contributed by atoms with Gasteiger partial charge in [-0.25, -0.2) is 0 Å². The minimum absolute atomic E-state index is 0.0560. The molecule has 0 bridgehead atoms. The third-order valence-corrected chi connectivity index (χ3v) is 4.81. The van der Waals surface area contributed by atoms with Gasteiger partial charge in [0.25, 0.3) is 0 Å². The van der Waals surface area contributed by atoms with Crippen molar-refractivity contribution >= 4 is 11.3 Å². The summed E-state index contributed by atoms with van der Waals surface area (Å²) in [7, 11) is 0. The summed E-state index contributed by atoms with van der Waals surface area (Å²) < 4.78 is 6.40. The number of rotatable bonds is 2. The van der Waals surface area contributed by atoms with Crippen molar-refractivity contribution in [3.8, 4) is 0 Å². The normalized spacial score (nSPS) is 19.4. The van der Waals surface area contributed by atoms with Gasteiger partial charge in [0.05, 0.1) is 0 Å². The topological polar surface area (TPSA) is 9.23 Å². The molecule has 0 atom stereocenters. The fraction of sp³-hybridized carbons (Fsp3) is 0.300. The number of ether oxygens (including phenoxy) is 1. The zero-order valence-corrected chi connectivity index (χ0v) is 13.2. The predicted molar refractivity (Wildman–Crippen MR) is 88.6 cm³/mol. The van der Waals surface area contributed by atoms with E-state index in [-0.39, 0.29) is 11.0 Å². The molecule has 0 amide bonds. The molecule has 0 N–H and O–H groups in total. The molecule has 0 spiro atoms. The maximum Gasteiger partial charge on any atom is 0.131 e. The summed E-state index contributed by atoms with van der Waals surface area (Å²) in [4.78, 5) is 0. The number of benzene rings is 2. The van der Waals surface area contributed by atoms with Crippen LogP contribution in [0.15, 0.2) is 60.7 Å². The summed E-state index contributed by atoms with van der Waals surface area (Å²) in [5, 5.41) is 0. The Kier molecular flexibility index (Phi) is 3.16. The Morgan fingerprint density at radius 3 is 1.67 bits per heavy atom. The minimum atomic E-state index is -0.233. The molecule has 108 valence electrons. The molecule has 0 saturated carbocycles. The molecule has 1 aliphatic heterocycles. The molecule has 0 aliphatic carbocycles. The van der Waals surface area contributed by atoms with Crippen molar-refractivity contribution in [2.45, 2.75) is 33.3 Å². The average molecular weight is 278 g/mol. The molecule has 21 heavy (non-hydrogen) atoms. The largest absolute Gasteiger partial charge is 0.486 e.